The van der Waals surface area contributed by atoms with E-state index >= 15 is 0 Å². The van der Waals surface area contributed by atoms with Gasteiger partial charge in [0.05, 0.1) is 12.2 Å². The molecule has 2 aliphatic rings. The average Bonchev–Trinajstić information content (AvgIpc) is 3.23. The Hall–Kier alpha value is -2.14. The van der Waals surface area contributed by atoms with Gasteiger partial charge in [0.2, 0.25) is 5.91 Å². The fraction of sp³-hybridized carbons (Fsp3) is 0.565. The summed E-state index contributed by atoms with van der Waals surface area (Å²) in [6, 6.07) is 11.6. The molecule has 4 rings (SSSR count). The Bertz CT molecular complexity index is 802. The highest BCUT2D eigenvalue weighted by Crippen LogP contribution is 2.38. The highest BCUT2D eigenvalue weighted by molar-refractivity contribution is 5.79. The van der Waals surface area contributed by atoms with E-state index in [2.05, 4.69) is 47.7 Å². The van der Waals surface area contributed by atoms with Gasteiger partial charge in [-0.2, -0.15) is 5.10 Å². The summed E-state index contributed by atoms with van der Waals surface area (Å²) in [6.07, 6.45) is 8.24. The molecule has 2 heterocycles. The lowest BCUT2D eigenvalue weighted by Crippen LogP contribution is -2.39. The molecule has 0 unspecified atom stereocenters. The number of carbonyl (C=O) groups excluding carboxylic acids is 1. The maximum atomic E-state index is 12.4. The Kier molecular flexibility index (Phi) is 5.54. The van der Waals surface area contributed by atoms with E-state index in [0.717, 1.165) is 18.0 Å². The number of benzene rings is 1. The first kappa shape index (κ1) is 19.2. The van der Waals surface area contributed by atoms with Crippen LogP contribution in [0.2, 0.25) is 0 Å². The van der Waals surface area contributed by atoms with E-state index in [1.54, 1.807) is 0 Å². The topological polar surface area (TPSA) is 50.2 Å². The zero-order valence-electron chi connectivity index (χ0n) is 17.2. The van der Waals surface area contributed by atoms with Gasteiger partial charge in [0, 0.05) is 50.8 Å². The predicted octanol–water partition coefficient (Wildman–Crippen LogP) is 3.50. The molecule has 1 amide bonds. The lowest BCUT2D eigenvalue weighted by atomic mass is 9.76. The van der Waals surface area contributed by atoms with E-state index in [4.69, 9.17) is 0 Å². The highest BCUT2D eigenvalue weighted by atomic mass is 16.2. The number of aromatic nitrogens is 2. The van der Waals surface area contributed by atoms with Crippen molar-refractivity contribution < 1.29 is 4.79 Å². The molecule has 1 aromatic carbocycles. The van der Waals surface area contributed by atoms with Gasteiger partial charge in [0.1, 0.15) is 0 Å². The first-order valence-corrected chi connectivity index (χ1v) is 10.5. The first-order chi connectivity index (χ1) is 13.5. The standard InChI is InChI=1S/C23H32N4O/c1-16-9-18(17-7-5-4-6-8-17)11-21(10-16)24-13-19-12-22(28)27(3)23(19)20-14-25-26(2)15-20/h4-8,14-16,18-19,21,23-24H,9-13H2,1-3H3/t16-,18-,19-,21-,23+/m0/s1. The van der Waals surface area contributed by atoms with E-state index in [1.165, 1.54) is 24.8 Å². The Balaban J connectivity index is 1.42. The number of rotatable bonds is 5. The molecule has 5 atom stereocenters. The third-order valence-electron chi connectivity index (χ3n) is 6.64. The summed E-state index contributed by atoms with van der Waals surface area (Å²) < 4.78 is 1.82. The summed E-state index contributed by atoms with van der Waals surface area (Å²) in [6.45, 7) is 3.25. The second-order valence-corrected chi connectivity index (χ2v) is 8.89. The quantitative estimate of drug-likeness (QED) is 0.864. The SMILES string of the molecule is C[C@@H]1C[C@H](NC[C@@H]2CC(=O)N(C)[C@H]2c2cnn(C)c2)C[C@@H](c2ccccc2)C1. The smallest absolute Gasteiger partial charge is 0.223 e. The van der Waals surface area contributed by atoms with Gasteiger partial charge in [-0.1, -0.05) is 37.3 Å². The molecule has 1 N–H and O–H groups in total. The molecule has 150 valence electrons. The van der Waals surface area contributed by atoms with Crippen molar-refractivity contribution in [3.8, 4) is 0 Å². The lowest BCUT2D eigenvalue weighted by molar-refractivity contribution is -0.127. The molecule has 0 radical (unpaired) electrons. The first-order valence-electron chi connectivity index (χ1n) is 10.5. The van der Waals surface area contributed by atoms with Crippen molar-refractivity contribution in [3.63, 3.8) is 0 Å². The molecule has 28 heavy (non-hydrogen) atoms. The van der Waals surface area contributed by atoms with Gasteiger partial charge < -0.3 is 10.2 Å². The van der Waals surface area contributed by atoms with Crippen LogP contribution >= 0.6 is 0 Å². The summed E-state index contributed by atoms with van der Waals surface area (Å²) in [5, 5.41) is 8.15. The minimum atomic E-state index is 0.125. The van der Waals surface area contributed by atoms with Crippen molar-refractivity contribution in [2.45, 2.75) is 50.6 Å². The molecule has 1 aliphatic carbocycles. The molecule has 0 spiro atoms. The Morgan fingerprint density at radius 3 is 2.61 bits per heavy atom. The largest absolute Gasteiger partial charge is 0.338 e. The lowest BCUT2D eigenvalue weighted by Gasteiger charge is -2.35. The molecule has 2 aromatic rings. The zero-order valence-corrected chi connectivity index (χ0v) is 17.2. The van der Waals surface area contributed by atoms with Crippen LogP contribution < -0.4 is 5.32 Å². The Morgan fingerprint density at radius 2 is 1.89 bits per heavy atom. The number of likely N-dealkylation sites (tertiary alicyclic amines) is 1. The van der Waals surface area contributed by atoms with Crippen LogP contribution in [-0.2, 0) is 11.8 Å². The third-order valence-corrected chi connectivity index (χ3v) is 6.64. The molecule has 5 nitrogen and oxygen atoms in total. The molecule has 1 aliphatic heterocycles. The minimum absolute atomic E-state index is 0.125. The van der Waals surface area contributed by atoms with E-state index in [-0.39, 0.29) is 11.9 Å². The maximum absolute atomic E-state index is 12.4. The van der Waals surface area contributed by atoms with Crippen molar-refractivity contribution in [1.82, 2.24) is 20.0 Å². The molecular weight excluding hydrogens is 348 g/mol. The summed E-state index contributed by atoms with van der Waals surface area (Å²) in [7, 11) is 3.86. The van der Waals surface area contributed by atoms with Crippen LogP contribution in [0.5, 0.6) is 0 Å². The normalized spacial score (nSPS) is 30.8. The number of nitrogens with one attached hydrogen (secondary N) is 1. The molecule has 5 heteroatoms. The number of carbonyl (C=O) groups is 1. The molecule has 1 saturated heterocycles. The van der Waals surface area contributed by atoms with Gasteiger partial charge in [-0.3, -0.25) is 9.48 Å². The summed E-state index contributed by atoms with van der Waals surface area (Å²) >= 11 is 0. The molecular formula is C23H32N4O. The maximum Gasteiger partial charge on any atom is 0.223 e. The second-order valence-electron chi connectivity index (χ2n) is 8.89. The van der Waals surface area contributed by atoms with Crippen LogP contribution in [0, 0.1) is 11.8 Å². The van der Waals surface area contributed by atoms with E-state index in [0.29, 0.717) is 24.3 Å². The van der Waals surface area contributed by atoms with Crippen molar-refractivity contribution in [2.75, 3.05) is 13.6 Å². The van der Waals surface area contributed by atoms with Gasteiger partial charge >= 0.3 is 0 Å². The van der Waals surface area contributed by atoms with Gasteiger partial charge in [-0.15, -0.1) is 0 Å². The van der Waals surface area contributed by atoms with Crippen LogP contribution in [0.15, 0.2) is 42.7 Å². The van der Waals surface area contributed by atoms with E-state index < -0.39 is 0 Å². The molecule has 1 saturated carbocycles. The van der Waals surface area contributed by atoms with Gasteiger partial charge in [0.15, 0.2) is 0 Å². The zero-order chi connectivity index (χ0) is 19.7. The number of hydrogen-bond donors (Lipinski definition) is 1. The van der Waals surface area contributed by atoms with Crippen LogP contribution in [0.4, 0.5) is 0 Å². The Labute approximate surface area is 168 Å². The van der Waals surface area contributed by atoms with Crippen LogP contribution in [0.3, 0.4) is 0 Å². The summed E-state index contributed by atoms with van der Waals surface area (Å²) in [5.74, 6) is 1.89. The van der Waals surface area contributed by atoms with Gasteiger partial charge in [0.25, 0.3) is 0 Å². The van der Waals surface area contributed by atoms with Crippen molar-refractivity contribution in [3.05, 3.63) is 53.9 Å². The fourth-order valence-corrected chi connectivity index (χ4v) is 5.31. The van der Waals surface area contributed by atoms with Crippen molar-refractivity contribution >= 4 is 5.91 Å². The van der Waals surface area contributed by atoms with E-state index in [9.17, 15) is 4.79 Å². The summed E-state index contributed by atoms with van der Waals surface area (Å²) in [5.41, 5.74) is 2.60. The number of hydrogen-bond acceptors (Lipinski definition) is 3. The van der Waals surface area contributed by atoms with Crippen LogP contribution in [0.1, 0.15) is 55.7 Å². The molecule has 2 fully saturated rings. The van der Waals surface area contributed by atoms with Crippen LogP contribution in [0.25, 0.3) is 0 Å². The number of nitrogens with zero attached hydrogens (tertiary/aromatic N) is 3. The number of amides is 1. The van der Waals surface area contributed by atoms with Crippen molar-refractivity contribution in [1.29, 1.82) is 0 Å². The van der Waals surface area contributed by atoms with Crippen molar-refractivity contribution in [2.24, 2.45) is 18.9 Å². The van der Waals surface area contributed by atoms with Gasteiger partial charge in [-0.25, -0.2) is 0 Å². The second kappa shape index (κ2) is 8.08. The fourth-order valence-electron chi connectivity index (χ4n) is 5.31. The van der Waals surface area contributed by atoms with E-state index in [1.807, 2.05) is 36.1 Å². The number of aryl methyl sites for hydroxylation is 1. The summed E-state index contributed by atoms with van der Waals surface area (Å²) in [4.78, 5) is 14.3. The van der Waals surface area contributed by atoms with Gasteiger partial charge in [-0.05, 0) is 36.7 Å². The monoisotopic (exact) mass is 380 g/mol. The van der Waals surface area contributed by atoms with Crippen LogP contribution in [-0.4, -0.2) is 40.2 Å². The molecule has 1 aromatic heterocycles. The predicted molar refractivity (Wildman–Crippen MR) is 111 cm³/mol. The highest BCUT2D eigenvalue weighted by Gasteiger charge is 2.39. The molecule has 0 bridgehead atoms. The third kappa shape index (κ3) is 4.00. The minimum Gasteiger partial charge on any atom is -0.338 e. The average molecular weight is 381 g/mol. The Morgan fingerprint density at radius 1 is 1.11 bits per heavy atom.